The summed E-state index contributed by atoms with van der Waals surface area (Å²) in [5.41, 5.74) is 2.80. The lowest BCUT2D eigenvalue weighted by Gasteiger charge is -2.18. The number of para-hydroxylation sites is 1. The van der Waals surface area contributed by atoms with Crippen LogP contribution in [0.1, 0.15) is 24.8 Å². The summed E-state index contributed by atoms with van der Waals surface area (Å²) in [5, 5.41) is 5.03. The first kappa shape index (κ1) is 16.7. The van der Waals surface area contributed by atoms with Crippen LogP contribution in [0.25, 0.3) is 10.6 Å². The number of rotatable bonds is 6. The van der Waals surface area contributed by atoms with E-state index < -0.39 is 6.10 Å². The summed E-state index contributed by atoms with van der Waals surface area (Å²) in [5.74, 6) is 0.560. The topological polar surface area (TPSA) is 51.2 Å². The summed E-state index contributed by atoms with van der Waals surface area (Å²) in [6.07, 6.45) is -0.548. The molecule has 2 atom stereocenters. The number of amides is 1. The van der Waals surface area contributed by atoms with Gasteiger partial charge in [0.1, 0.15) is 5.75 Å². The molecule has 0 spiro atoms. The highest BCUT2D eigenvalue weighted by atomic mass is 32.1. The van der Waals surface area contributed by atoms with Crippen LogP contribution in [-0.4, -0.2) is 17.0 Å². The van der Waals surface area contributed by atoms with Crippen LogP contribution in [0.4, 0.5) is 0 Å². The third-order valence-electron chi connectivity index (χ3n) is 3.52. The molecule has 4 nitrogen and oxygen atoms in total. The van der Waals surface area contributed by atoms with Gasteiger partial charge in [0.15, 0.2) is 6.10 Å². The van der Waals surface area contributed by atoms with Gasteiger partial charge in [-0.3, -0.25) is 4.79 Å². The minimum atomic E-state index is -0.548. The zero-order valence-corrected chi connectivity index (χ0v) is 15.1. The number of thiophene rings is 1. The first-order valence-electron chi connectivity index (χ1n) is 7.64. The molecule has 1 amide bonds. The maximum Gasteiger partial charge on any atom is 0.261 e. The van der Waals surface area contributed by atoms with Gasteiger partial charge >= 0.3 is 0 Å². The number of thiazole rings is 1. The molecule has 6 heteroatoms. The van der Waals surface area contributed by atoms with E-state index in [4.69, 9.17) is 4.74 Å². The number of nitrogens with zero attached hydrogens (tertiary/aromatic N) is 1. The van der Waals surface area contributed by atoms with E-state index in [9.17, 15) is 4.79 Å². The van der Waals surface area contributed by atoms with Crippen molar-refractivity contribution in [1.82, 2.24) is 10.3 Å². The van der Waals surface area contributed by atoms with E-state index in [0.29, 0.717) is 5.75 Å². The molecule has 0 aliphatic carbocycles. The second-order valence-electron chi connectivity index (χ2n) is 5.38. The predicted octanol–water partition coefficient (Wildman–Crippen LogP) is 4.52. The number of benzene rings is 1. The molecule has 124 valence electrons. The molecule has 2 heterocycles. The summed E-state index contributed by atoms with van der Waals surface area (Å²) in [6.45, 7) is 3.73. The van der Waals surface area contributed by atoms with Crippen molar-refractivity contribution in [3.8, 4) is 16.3 Å². The van der Waals surface area contributed by atoms with Gasteiger partial charge < -0.3 is 10.1 Å². The fourth-order valence-electron chi connectivity index (χ4n) is 2.22. The second kappa shape index (κ2) is 7.59. The van der Waals surface area contributed by atoms with Gasteiger partial charge in [0.2, 0.25) is 0 Å². The van der Waals surface area contributed by atoms with Crippen LogP contribution in [-0.2, 0) is 4.79 Å². The molecule has 1 N–H and O–H groups in total. The fraction of sp³-hybridized carbons (Fsp3) is 0.222. The Morgan fingerprint density at radius 2 is 1.96 bits per heavy atom. The van der Waals surface area contributed by atoms with E-state index in [0.717, 1.165) is 15.4 Å². The average Bonchev–Trinajstić information content (AvgIpc) is 3.27. The second-order valence-corrected chi connectivity index (χ2v) is 7.21. The van der Waals surface area contributed by atoms with E-state index in [-0.39, 0.29) is 11.9 Å². The normalized spacial score (nSPS) is 13.2. The largest absolute Gasteiger partial charge is 0.481 e. The minimum Gasteiger partial charge on any atom is -0.481 e. The Hall–Kier alpha value is -2.18. The number of aromatic nitrogens is 1. The zero-order valence-electron chi connectivity index (χ0n) is 13.4. The third-order valence-corrected chi connectivity index (χ3v) is 5.40. The zero-order chi connectivity index (χ0) is 16.9. The number of hydrogen-bond acceptors (Lipinski definition) is 5. The van der Waals surface area contributed by atoms with Crippen LogP contribution in [0.2, 0.25) is 0 Å². The van der Waals surface area contributed by atoms with Crippen LogP contribution in [0, 0.1) is 0 Å². The van der Waals surface area contributed by atoms with Crippen molar-refractivity contribution in [1.29, 1.82) is 0 Å². The van der Waals surface area contributed by atoms with E-state index in [1.807, 2.05) is 60.3 Å². The molecular formula is C18H18N2O2S2. The van der Waals surface area contributed by atoms with Crippen LogP contribution < -0.4 is 10.1 Å². The molecule has 0 saturated carbocycles. The fourth-order valence-corrected chi connectivity index (χ4v) is 3.82. The number of hydrogen-bond donors (Lipinski definition) is 1. The van der Waals surface area contributed by atoms with Crippen molar-refractivity contribution in [3.63, 3.8) is 0 Å². The number of carbonyl (C=O) groups excluding carboxylic acids is 1. The molecule has 0 fully saturated rings. The maximum absolute atomic E-state index is 12.3. The molecular weight excluding hydrogens is 340 g/mol. The summed E-state index contributed by atoms with van der Waals surface area (Å²) >= 11 is 3.22. The Labute approximate surface area is 149 Å². The minimum absolute atomic E-state index is 0.0725. The Morgan fingerprint density at radius 3 is 2.67 bits per heavy atom. The van der Waals surface area contributed by atoms with Crippen LogP contribution >= 0.6 is 22.7 Å². The number of carbonyl (C=O) groups is 1. The molecule has 2 aromatic heterocycles. The highest BCUT2D eigenvalue weighted by Crippen LogP contribution is 2.31. The number of nitrogens with one attached hydrogen (secondary N) is 1. The van der Waals surface area contributed by atoms with Gasteiger partial charge in [-0.1, -0.05) is 18.2 Å². The highest BCUT2D eigenvalue weighted by molar-refractivity contribution is 7.16. The van der Waals surface area contributed by atoms with Crippen molar-refractivity contribution >= 4 is 28.6 Å². The Bertz CT molecular complexity index is 784. The lowest BCUT2D eigenvalue weighted by Crippen LogP contribution is -2.37. The van der Waals surface area contributed by atoms with Crippen molar-refractivity contribution in [2.45, 2.75) is 26.0 Å². The molecule has 0 radical (unpaired) electrons. The Morgan fingerprint density at radius 1 is 1.17 bits per heavy atom. The van der Waals surface area contributed by atoms with Gasteiger partial charge in [-0.2, -0.15) is 0 Å². The standard InChI is InChI=1S/C18H18N2O2S2/c1-12(16-8-9-17(24-16)15-10-23-11-19-15)20-18(21)13(2)22-14-6-4-3-5-7-14/h3-13H,1-2H3,(H,20,21). The predicted molar refractivity (Wildman–Crippen MR) is 98.5 cm³/mol. The number of ether oxygens (including phenoxy) is 1. The monoisotopic (exact) mass is 358 g/mol. The smallest absolute Gasteiger partial charge is 0.261 e. The summed E-state index contributed by atoms with van der Waals surface area (Å²) in [4.78, 5) is 18.8. The molecule has 2 unspecified atom stereocenters. The maximum atomic E-state index is 12.3. The lowest BCUT2D eigenvalue weighted by molar-refractivity contribution is -0.127. The van der Waals surface area contributed by atoms with E-state index in [1.165, 1.54) is 0 Å². The molecule has 3 rings (SSSR count). The van der Waals surface area contributed by atoms with Crippen molar-refractivity contribution in [2.75, 3.05) is 0 Å². The molecule has 24 heavy (non-hydrogen) atoms. The van der Waals surface area contributed by atoms with E-state index in [1.54, 1.807) is 29.6 Å². The molecule has 0 saturated heterocycles. The highest BCUT2D eigenvalue weighted by Gasteiger charge is 2.19. The average molecular weight is 358 g/mol. The SMILES string of the molecule is CC(Oc1ccccc1)C(=O)NC(C)c1ccc(-c2cscn2)s1. The molecule has 0 bridgehead atoms. The Balaban J connectivity index is 1.59. The van der Waals surface area contributed by atoms with Crippen LogP contribution in [0.5, 0.6) is 5.75 Å². The van der Waals surface area contributed by atoms with Gasteiger partial charge in [0.05, 0.1) is 22.1 Å². The molecule has 1 aromatic carbocycles. The summed E-state index contributed by atoms with van der Waals surface area (Å²) < 4.78 is 5.66. The van der Waals surface area contributed by atoms with Crippen LogP contribution in [0.3, 0.4) is 0 Å². The van der Waals surface area contributed by atoms with Gasteiger partial charge in [0, 0.05) is 10.3 Å². The summed E-state index contributed by atoms with van der Waals surface area (Å²) in [7, 11) is 0. The van der Waals surface area contributed by atoms with Gasteiger partial charge in [0.25, 0.3) is 5.91 Å². The van der Waals surface area contributed by atoms with Crippen LogP contribution in [0.15, 0.2) is 53.4 Å². The molecule has 0 aliphatic rings. The molecule has 3 aromatic rings. The van der Waals surface area contributed by atoms with Crippen molar-refractivity contribution in [3.05, 3.63) is 58.2 Å². The Kier molecular flexibility index (Phi) is 5.27. The molecule has 0 aliphatic heterocycles. The van der Waals surface area contributed by atoms with Crippen molar-refractivity contribution in [2.24, 2.45) is 0 Å². The van der Waals surface area contributed by atoms with Gasteiger partial charge in [-0.25, -0.2) is 4.98 Å². The van der Waals surface area contributed by atoms with Gasteiger partial charge in [-0.05, 0) is 38.1 Å². The lowest BCUT2D eigenvalue weighted by atomic mass is 10.2. The third kappa shape index (κ3) is 4.01. The summed E-state index contributed by atoms with van der Waals surface area (Å²) in [6, 6.07) is 13.4. The first-order valence-corrected chi connectivity index (χ1v) is 9.40. The first-order chi connectivity index (χ1) is 11.6. The van der Waals surface area contributed by atoms with E-state index in [2.05, 4.69) is 10.3 Å². The van der Waals surface area contributed by atoms with Gasteiger partial charge in [-0.15, -0.1) is 22.7 Å². The van der Waals surface area contributed by atoms with Crippen molar-refractivity contribution < 1.29 is 9.53 Å². The van der Waals surface area contributed by atoms with E-state index >= 15 is 0 Å². The quantitative estimate of drug-likeness (QED) is 0.705.